The van der Waals surface area contributed by atoms with Gasteiger partial charge in [-0.2, -0.15) is 0 Å². The van der Waals surface area contributed by atoms with Crippen LogP contribution in [0.2, 0.25) is 0 Å². The molecule has 0 aromatic heterocycles. The van der Waals surface area contributed by atoms with Gasteiger partial charge in [0.25, 0.3) is 0 Å². The van der Waals surface area contributed by atoms with Crippen LogP contribution < -0.4 is 14.8 Å². The monoisotopic (exact) mass is 463 g/mol. The minimum Gasteiger partial charge on any atom is -0.477 e. The van der Waals surface area contributed by atoms with Gasteiger partial charge in [0.15, 0.2) is 11.5 Å². The number of amides is 1. The standard InChI is InChI=1S/C24H24F3NO5/c25-24(26,27)33-21-8-4-3-7-20(21)32-18-12-9-17(10-13-18)15-19(23(30)31)28-22(29)14-11-16-5-1-2-6-16/h3-4,7-10,12-13,15-16H,1-2,5-6,11,14H2,(H,28,29)(H,30,31)/b19-15-. The van der Waals surface area contributed by atoms with E-state index in [1.165, 1.54) is 61.4 Å². The summed E-state index contributed by atoms with van der Waals surface area (Å²) < 4.78 is 47.1. The first-order chi connectivity index (χ1) is 15.7. The minimum atomic E-state index is -4.86. The zero-order valence-electron chi connectivity index (χ0n) is 17.7. The first-order valence-electron chi connectivity index (χ1n) is 10.6. The number of aliphatic carboxylic acids is 1. The van der Waals surface area contributed by atoms with Crippen LogP contribution in [-0.4, -0.2) is 23.3 Å². The van der Waals surface area contributed by atoms with E-state index < -0.39 is 18.1 Å². The summed E-state index contributed by atoms with van der Waals surface area (Å²) in [7, 11) is 0. The maximum atomic E-state index is 12.6. The average molecular weight is 463 g/mol. The fraction of sp³-hybridized carbons (Fsp3) is 0.333. The van der Waals surface area contributed by atoms with Crippen molar-refractivity contribution in [2.24, 2.45) is 5.92 Å². The van der Waals surface area contributed by atoms with Crippen LogP contribution in [-0.2, 0) is 9.59 Å². The van der Waals surface area contributed by atoms with E-state index in [1.54, 1.807) is 0 Å². The topological polar surface area (TPSA) is 84.9 Å². The molecule has 0 saturated heterocycles. The number of ether oxygens (including phenoxy) is 2. The smallest absolute Gasteiger partial charge is 0.477 e. The molecule has 1 fully saturated rings. The van der Waals surface area contributed by atoms with Crippen molar-refractivity contribution in [3.63, 3.8) is 0 Å². The van der Waals surface area contributed by atoms with E-state index in [-0.39, 0.29) is 29.5 Å². The molecule has 1 amide bonds. The van der Waals surface area contributed by atoms with Gasteiger partial charge in [0, 0.05) is 6.42 Å². The molecule has 1 saturated carbocycles. The molecule has 33 heavy (non-hydrogen) atoms. The predicted molar refractivity (Wildman–Crippen MR) is 115 cm³/mol. The lowest BCUT2D eigenvalue weighted by Crippen LogP contribution is -2.27. The molecule has 9 heteroatoms. The first-order valence-corrected chi connectivity index (χ1v) is 10.6. The second kappa shape index (κ2) is 10.9. The number of para-hydroxylation sites is 2. The summed E-state index contributed by atoms with van der Waals surface area (Å²) in [6.07, 6.45) is 2.02. The van der Waals surface area contributed by atoms with Gasteiger partial charge in [-0.15, -0.1) is 13.2 Å². The molecule has 6 nitrogen and oxygen atoms in total. The summed E-state index contributed by atoms with van der Waals surface area (Å²) in [5.41, 5.74) is 0.208. The third-order valence-corrected chi connectivity index (χ3v) is 5.25. The van der Waals surface area contributed by atoms with Gasteiger partial charge in [0.05, 0.1) is 0 Å². The van der Waals surface area contributed by atoms with E-state index in [9.17, 15) is 27.9 Å². The van der Waals surface area contributed by atoms with Crippen molar-refractivity contribution < 1.29 is 37.3 Å². The summed E-state index contributed by atoms with van der Waals surface area (Å²) in [6, 6.07) is 11.3. The molecule has 2 aromatic carbocycles. The lowest BCUT2D eigenvalue weighted by Gasteiger charge is -2.13. The van der Waals surface area contributed by atoms with Crippen LogP contribution in [0.3, 0.4) is 0 Å². The molecule has 0 heterocycles. The Labute approximate surface area is 189 Å². The lowest BCUT2D eigenvalue weighted by atomic mass is 10.0. The zero-order valence-corrected chi connectivity index (χ0v) is 17.7. The van der Waals surface area contributed by atoms with E-state index in [1.807, 2.05) is 0 Å². The molecular weight excluding hydrogens is 439 g/mol. The normalized spacial score (nSPS) is 14.7. The quantitative estimate of drug-likeness (QED) is 0.453. The third kappa shape index (κ3) is 7.85. The average Bonchev–Trinajstić information content (AvgIpc) is 3.27. The van der Waals surface area contributed by atoms with Crippen LogP contribution in [0, 0.1) is 5.92 Å². The van der Waals surface area contributed by atoms with Gasteiger partial charge in [0.1, 0.15) is 11.4 Å². The van der Waals surface area contributed by atoms with Gasteiger partial charge >= 0.3 is 12.3 Å². The van der Waals surface area contributed by atoms with E-state index >= 15 is 0 Å². The molecule has 0 atom stereocenters. The Bertz CT molecular complexity index is 996. The molecule has 176 valence electrons. The number of halogens is 3. The van der Waals surface area contributed by atoms with Gasteiger partial charge in [-0.1, -0.05) is 49.9 Å². The number of hydrogen-bond donors (Lipinski definition) is 2. The second-order valence-electron chi connectivity index (χ2n) is 7.77. The fourth-order valence-corrected chi connectivity index (χ4v) is 3.67. The molecule has 0 radical (unpaired) electrons. The van der Waals surface area contributed by atoms with Crippen molar-refractivity contribution >= 4 is 18.0 Å². The summed E-state index contributed by atoms with van der Waals surface area (Å²) in [5.74, 6) is -1.49. The van der Waals surface area contributed by atoms with Crippen LogP contribution in [0.5, 0.6) is 17.2 Å². The molecule has 2 N–H and O–H groups in total. The highest BCUT2D eigenvalue weighted by Gasteiger charge is 2.32. The van der Waals surface area contributed by atoms with Crippen molar-refractivity contribution in [2.75, 3.05) is 0 Å². The summed E-state index contributed by atoms with van der Waals surface area (Å²) in [5, 5.41) is 11.9. The predicted octanol–water partition coefficient (Wildman–Crippen LogP) is 5.89. The molecule has 0 bridgehead atoms. The highest BCUT2D eigenvalue weighted by atomic mass is 19.4. The molecule has 0 aliphatic heterocycles. The Morgan fingerprint density at radius 3 is 2.27 bits per heavy atom. The van der Waals surface area contributed by atoms with E-state index in [0.717, 1.165) is 25.3 Å². The third-order valence-electron chi connectivity index (χ3n) is 5.25. The van der Waals surface area contributed by atoms with E-state index in [0.29, 0.717) is 11.5 Å². The Hall–Kier alpha value is -3.49. The fourth-order valence-electron chi connectivity index (χ4n) is 3.67. The Morgan fingerprint density at radius 1 is 1.03 bits per heavy atom. The summed E-state index contributed by atoms with van der Waals surface area (Å²) in [6.45, 7) is 0. The number of hydrogen-bond acceptors (Lipinski definition) is 4. The lowest BCUT2D eigenvalue weighted by molar-refractivity contribution is -0.275. The molecule has 0 unspecified atom stereocenters. The first kappa shape index (κ1) is 24.2. The maximum Gasteiger partial charge on any atom is 0.573 e. The van der Waals surface area contributed by atoms with Crippen LogP contribution >= 0.6 is 0 Å². The van der Waals surface area contributed by atoms with Crippen molar-refractivity contribution in [1.29, 1.82) is 0 Å². The Balaban J connectivity index is 1.64. The highest BCUT2D eigenvalue weighted by Crippen LogP contribution is 2.35. The van der Waals surface area contributed by atoms with Crippen LogP contribution in [0.25, 0.3) is 6.08 Å². The number of carboxylic acids is 1. The maximum absolute atomic E-state index is 12.6. The number of carbonyl (C=O) groups excluding carboxylic acids is 1. The number of nitrogens with one attached hydrogen (secondary N) is 1. The Morgan fingerprint density at radius 2 is 1.67 bits per heavy atom. The van der Waals surface area contributed by atoms with Crippen molar-refractivity contribution in [2.45, 2.75) is 44.9 Å². The zero-order chi connectivity index (χ0) is 23.8. The summed E-state index contributed by atoms with van der Waals surface area (Å²) >= 11 is 0. The number of carboxylic acid groups (broad SMARTS) is 1. The molecule has 3 rings (SSSR count). The minimum absolute atomic E-state index is 0.126. The highest BCUT2D eigenvalue weighted by molar-refractivity contribution is 5.96. The van der Waals surface area contributed by atoms with Crippen molar-refractivity contribution in [1.82, 2.24) is 5.32 Å². The molecule has 2 aromatic rings. The van der Waals surface area contributed by atoms with Gasteiger partial charge in [-0.25, -0.2) is 4.79 Å². The van der Waals surface area contributed by atoms with Gasteiger partial charge in [-0.3, -0.25) is 4.79 Å². The van der Waals surface area contributed by atoms with Gasteiger partial charge in [-0.05, 0) is 48.2 Å². The summed E-state index contributed by atoms with van der Waals surface area (Å²) in [4.78, 5) is 23.7. The molecule has 0 spiro atoms. The number of benzene rings is 2. The Kier molecular flexibility index (Phi) is 7.97. The number of alkyl halides is 3. The van der Waals surface area contributed by atoms with Crippen molar-refractivity contribution in [3.05, 3.63) is 59.8 Å². The van der Waals surface area contributed by atoms with Crippen LogP contribution in [0.1, 0.15) is 44.1 Å². The largest absolute Gasteiger partial charge is 0.573 e. The number of carbonyl (C=O) groups is 2. The van der Waals surface area contributed by atoms with E-state index in [4.69, 9.17) is 4.74 Å². The van der Waals surface area contributed by atoms with Gasteiger partial charge < -0.3 is 19.9 Å². The molecule has 1 aliphatic rings. The van der Waals surface area contributed by atoms with Crippen LogP contribution in [0.15, 0.2) is 54.2 Å². The SMILES string of the molecule is O=C(CCC1CCCC1)N/C(=C\c1ccc(Oc2ccccc2OC(F)(F)F)cc1)C(=O)O. The van der Waals surface area contributed by atoms with E-state index in [2.05, 4.69) is 10.1 Å². The van der Waals surface area contributed by atoms with Gasteiger partial charge in [0.2, 0.25) is 5.91 Å². The van der Waals surface area contributed by atoms with Crippen LogP contribution in [0.4, 0.5) is 13.2 Å². The number of rotatable bonds is 9. The molecular formula is C24H24F3NO5. The van der Waals surface area contributed by atoms with Crippen molar-refractivity contribution in [3.8, 4) is 17.2 Å². The molecule has 1 aliphatic carbocycles. The second-order valence-corrected chi connectivity index (χ2v) is 7.77.